The molecule has 1 heterocycles. The zero-order valence-electron chi connectivity index (χ0n) is 8.26. The average Bonchev–Trinajstić information content (AvgIpc) is 1.73. The van der Waals surface area contributed by atoms with E-state index in [-0.39, 0.29) is 5.54 Å². The van der Waals surface area contributed by atoms with E-state index in [2.05, 4.69) is 25.7 Å². The summed E-state index contributed by atoms with van der Waals surface area (Å²) >= 11 is 4.86. The molecule has 0 N–H and O–H groups in total. The van der Waals surface area contributed by atoms with Gasteiger partial charge in [0.2, 0.25) is 0 Å². The smallest absolute Gasteiger partial charge is 0.157 e. The van der Waals surface area contributed by atoms with Crippen molar-refractivity contribution in [1.29, 1.82) is 0 Å². The minimum absolute atomic E-state index is 0.273. The molecule has 70 valence electrons. The number of ether oxygens (including phenoxy) is 1. The summed E-state index contributed by atoms with van der Waals surface area (Å²) in [6, 6.07) is 0. The first-order chi connectivity index (χ1) is 5.39. The van der Waals surface area contributed by atoms with Crippen LogP contribution in [0.1, 0.15) is 27.7 Å². The van der Waals surface area contributed by atoms with Crippen molar-refractivity contribution in [1.82, 2.24) is 4.90 Å². The quantitative estimate of drug-likeness (QED) is 0.581. The lowest BCUT2D eigenvalue weighted by molar-refractivity contribution is -0.0398. The summed E-state index contributed by atoms with van der Waals surface area (Å²) in [6.45, 7) is 10.5. The highest BCUT2D eigenvalue weighted by atomic mass is 32.1. The molecule has 2 nitrogen and oxygen atoms in total. The Balaban J connectivity index is 2.25. The van der Waals surface area contributed by atoms with Crippen molar-refractivity contribution < 1.29 is 4.74 Å². The fourth-order valence-electron chi connectivity index (χ4n) is 1.30. The van der Waals surface area contributed by atoms with E-state index in [0.29, 0.717) is 11.2 Å². The Bertz CT molecular complexity index is 179. The van der Waals surface area contributed by atoms with Crippen molar-refractivity contribution in [3.63, 3.8) is 0 Å². The van der Waals surface area contributed by atoms with Crippen LogP contribution in [0.4, 0.5) is 0 Å². The molecular weight excluding hydrogens is 170 g/mol. The number of hydrogen-bond acceptors (Lipinski definition) is 3. The van der Waals surface area contributed by atoms with Crippen LogP contribution < -0.4 is 0 Å². The fraction of sp³-hybridized carbons (Fsp3) is 0.889. The number of rotatable bonds is 1. The molecule has 0 radical (unpaired) electrons. The zero-order chi connectivity index (χ0) is 9.35. The largest absolute Gasteiger partial charge is 0.482 e. The number of thiocarbonyl (C=S) groups is 1. The molecule has 12 heavy (non-hydrogen) atoms. The molecule has 0 aromatic carbocycles. The number of nitrogens with zero attached hydrogens (tertiary/aromatic N) is 1. The third kappa shape index (κ3) is 2.42. The molecule has 1 saturated heterocycles. The number of hydrogen-bond donors (Lipinski definition) is 0. The van der Waals surface area contributed by atoms with Crippen molar-refractivity contribution in [3.05, 3.63) is 0 Å². The Labute approximate surface area is 79.9 Å². The minimum atomic E-state index is 0.273. The zero-order valence-corrected chi connectivity index (χ0v) is 9.07. The normalized spacial score (nSPS) is 20.3. The maximum Gasteiger partial charge on any atom is 0.157 e. The van der Waals surface area contributed by atoms with Gasteiger partial charge in [0.15, 0.2) is 5.05 Å². The van der Waals surface area contributed by atoms with Gasteiger partial charge in [0.25, 0.3) is 0 Å². The highest BCUT2D eigenvalue weighted by molar-refractivity contribution is 7.80. The van der Waals surface area contributed by atoms with Crippen LogP contribution in [-0.2, 0) is 4.74 Å². The van der Waals surface area contributed by atoms with E-state index < -0.39 is 0 Å². The molecule has 0 spiro atoms. The lowest BCUT2D eigenvalue weighted by Gasteiger charge is -2.47. The molecule has 0 amide bonds. The summed E-state index contributed by atoms with van der Waals surface area (Å²) in [5.74, 6) is 0. The van der Waals surface area contributed by atoms with Gasteiger partial charge >= 0.3 is 0 Å². The Morgan fingerprint density at radius 2 is 1.92 bits per heavy atom. The predicted molar refractivity (Wildman–Crippen MR) is 54.5 cm³/mol. The first-order valence-corrected chi connectivity index (χ1v) is 4.72. The van der Waals surface area contributed by atoms with Crippen molar-refractivity contribution >= 4 is 17.3 Å². The first-order valence-electron chi connectivity index (χ1n) is 4.32. The van der Waals surface area contributed by atoms with Crippen molar-refractivity contribution in [2.75, 3.05) is 13.1 Å². The molecule has 1 fully saturated rings. The molecular formula is C9H17NOS. The van der Waals surface area contributed by atoms with E-state index in [1.807, 2.05) is 6.92 Å². The van der Waals surface area contributed by atoms with Crippen molar-refractivity contribution in [2.45, 2.75) is 39.3 Å². The molecule has 0 aliphatic carbocycles. The molecule has 1 aliphatic heterocycles. The molecule has 0 aromatic heterocycles. The maximum atomic E-state index is 5.40. The van der Waals surface area contributed by atoms with Crippen LogP contribution in [0.5, 0.6) is 0 Å². The van der Waals surface area contributed by atoms with E-state index in [9.17, 15) is 0 Å². The van der Waals surface area contributed by atoms with E-state index in [0.717, 1.165) is 13.1 Å². The summed E-state index contributed by atoms with van der Waals surface area (Å²) in [7, 11) is 0. The van der Waals surface area contributed by atoms with Gasteiger partial charge in [-0.05, 0) is 33.0 Å². The standard InChI is InChI=1S/C9H17NOS/c1-7(12)11-8-5-10(6-8)9(2,3)4/h8H,5-6H2,1-4H3. The molecule has 0 atom stereocenters. The SMILES string of the molecule is CC(=S)OC1CN(C(C)(C)C)C1. The number of likely N-dealkylation sites (tertiary alicyclic amines) is 1. The monoisotopic (exact) mass is 187 g/mol. The van der Waals surface area contributed by atoms with E-state index >= 15 is 0 Å². The van der Waals surface area contributed by atoms with Crippen LogP contribution in [0.25, 0.3) is 0 Å². The van der Waals surface area contributed by atoms with Gasteiger partial charge in [-0.3, -0.25) is 4.90 Å². The Morgan fingerprint density at radius 3 is 2.25 bits per heavy atom. The summed E-state index contributed by atoms with van der Waals surface area (Å²) in [5.41, 5.74) is 0.273. The first kappa shape index (κ1) is 9.93. The van der Waals surface area contributed by atoms with E-state index in [1.54, 1.807) is 0 Å². The average molecular weight is 187 g/mol. The van der Waals surface area contributed by atoms with Gasteiger partial charge in [-0.25, -0.2) is 0 Å². The molecule has 1 aliphatic rings. The van der Waals surface area contributed by atoms with Gasteiger partial charge in [-0.1, -0.05) is 0 Å². The second-order valence-electron chi connectivity index (χ2n) is 4.31. The van der Waals surface area contributed by atoms with Gasteiger partial charge in [0.05, 0.1) is 0 Å². The van der Waals surface area contributed by atoms with Gasteiger partial charge in [0, 0.05) is 25.6 Å². The summed E-state index contributed by atoms with van der Waals surface area (Å²) in [4.78, 5) is 2.38. The highest BCUT2D eigenvalue weighted by Gasteiger charge is 2.35. The van der Waals surface area contributed by atoms with Gasteiger partial charge in [0.1, 0.15) is 6.10 Å². The second-order valence-corrected chi connectivity index (χ2v) is 4.88. The molecule has 0 aromatic rings. The molecule has 0 saturated carbocycles. The van der Waals surface area contributed by atoms with Crippen LogP contribution >= 0.6 is 12.2 Å². The molecule has 0 bridgehead atoms. The van der Waals surface area contributed by atoms with Crippen molar-refractivity contribution in [3.8, 4) is 0 Å². The van der Waals surface area contributed by atoms with E-state index in [1.165, 1.54) is 0 Å². The molecule has 1 rings (SSSR count). The predicted octanol–water partition coefficient (Wildman–Crippen LogP) is 1.83. The Hall–Kier alpha value is -0.150. The highest BCUT2D eigenvalue weighted by Crippen LogP contribution is 2.22. The van der Waals surface area contributed by atoms with Gasteiger partial charge in [-0.2, -0.15) is 0 Å². The van der Waals surface area contributed by atoms with Crippen molar-refractivity contribution in [2.24, 2.45) is 0 Å². The second kappa shape index (κ2) is 3.30. The van der Waals surface area contributed by atoms with Gasteiger partial charge < -0.3 is 4.74 Å². The third-order valence-corrected chi connectivity index (χ3v) is 2.23. The van der Waals surface area contributed by atoms with Crippen LogP contribution in [-0.4, -0.2) is 34.7 Å². The van der Waals surface area contributed by atoms with Crippen LogP contribution in [0, 0.1) is 0 Å². The Morgan fingerprint density at radius 1 is 1.42 bits per heavy atom. The fourth-order valence-corrected chi connectivity index (χ4v) is 1.43. The minimum Gasteiger partial charge on any atom is -0.482 e. The maximum absolute atomic E-state index is 5.40. The van der Waals surface area contributed by atoms with E-state index in [4.69, 9.17) is 17.0 Å². The summed E-state index contributed by atoms with van der Waals surface area (Å²) in [6.07, 6.45) is 0.335. The molecule has 3 heteroatoms. The van der Waals surface area contributed by atoms with Gasteiger partial charge in [-0.15, -0.1) is 0 Å². The third-order valence-electron chi connectivity index (χ3n) is 2.13. The van der Waals surface area contributed by atoms with Crippen LogP contribution in [0.3, 0.4) is 0 Å². The van der Waals surface area contributed by atoms with Crippen LogP contribution in [0.2, 0.25) is 0 Å². The Kier molecular flexibility index (Phi) is 2.74. The van der Waals surface area contributed by atoms with Crippen LogP contribution in [0.15, 0.2) is 0 Å². The lowest BCUT2D eigenvalue weighted by atomic mass is 9.99. The topological polar surface area (TPSA) is 12.5 Å². The lowest BCUT2D eigenvalue weighted by Crippen LogP contribution is -2.59. The summed E-state index contributed by atoms with van der Waals surface area (Å²) in [5, 5.41) is 0.661. The summed E-state index contributed by atoms with van der Waals surface area (Å²) < 4.78 is 5.40. The molecule has 0 unspecified atom stereocenters.